The lowest BCUT2D eigenvalue weighted by molar-refractivity contribution is -0.144. The fraction of sp³-hybridized carbons (Fsp3) is 0.517. The molecule has 3 amide bonds. The van der Waals surface area contributed by atoms with Crippen LogP contribution in [0.3, 0.4) is 0 Å². The van der Waals surface area contributed by atoms with Gasteiger partial charge in [-0.25, -0.2) is 0 Å². The molecule has 1 N–H and O–H groups in total. The number of ether oxygens (including phenoxy) is 2. The molecule has 1 unspecified atom stereocenters. The van der Waals surface area contributed by atoms with Crippen LogP contribution < -0.4 is 5.32 Å². The first kappa shape index (κ1) is 32.8. The lowest BCUT2D eigenvalue weighted by Gasteiger charge is -2.22. The highest BCUT2D eigenvalue weighted by molar-refractivity contribution is 9.14. The molecule has 1 aliphatic heterocycles. The average Bonchev–Trinajstić information content (AvgIpc) is 3.12. The first-order valence-electron chi connectivity index (χ1n) is 13.8. The third-order valence-corrected chi connectivity index (χ3v) is 8.50. The monoisotopic (exact) mass is 700 g/mol. The number of amides is 3. The van der Waals surface area contributed by atoms with E-state index in [0.717, 1.165) is 16.0 Å². The van der Waals surface area contributed by atoms with Gasteiger partial charge in [0.15, 0.2) is 5.78 Å². The SMILES string of the molecule is [3H]C(C)C(=O)OCc1ccc(CC(=O)[C@H](C)NC(=O)[C@@H](CC(=O)CCOCCN2C(=O)C(Br)=C(Br)C2=O)C(C)C)cc1. The summed E-state index contributed by atoms with van der Waals surface area (Å²) < 4.78 is 18.1. The van der Waals surface area contributed by atoms with Crippen LogP contribution in [0.25, 0.3) is 0 Å². The van der Waals surface area contributed by atoms with Crippen molar-refractivity contribution in [1.82, 2.24) is 10.2 Å². The average molecular weight is 702 g/mol. The summed E-state index contributed by atoms with van der Waals surface area (Å²) in [6.45, 7) is 6.93. The van der Waals surface area contributed by atoms with Crippen LogP contribution >= 0.6 is 31.9 Å². The number of benzene rings is 1. The molecule has 1 aliphatic rings. The molecule has 224 valence electrons. The molecule has 0 aromatic heterocycles. The van der Waals surface area contributed by atoms with E-state index in [-0.39, 0.29) is 78.0 Å². The van der Waals surface area contributed by atoms with Crippen LogP contribution in [0.2, 0.25) is 0 Å². The Morgan fingerprint density at radius 3 is 2.12 bits per heavy atom. The maximum atomic E-state index is 13.0. The summed E-state index contributed by atoms with van der Waals surface area (Å²) >= 11 is 6.11. The summed E-state index contributed by atoms with van der Waals surface area (Å²) in [5.74, 6) is -3.05. The van der Waals surface area contributed by atoms with Gasteiger partial charge in [0.25, 0.3) is 11.8 Å². The molecular weight excluding hydrogens is 664 g/mol. The Hall–Kier alpha value is -2.70. The highest BCUT2D eigenvalue weighted by Crippen LogP contribution is 2.29. The highest BCUT2D eigenvalue weighted by Gasteiger charge is 2.35. The third kappa shape index (κ3) is 10.6. The van der Waals surface area contributed by atoms with Crippen molar-refractivity contribution in [2.75, 3.05) is 19.8 Å². The van der Waals surface area contributed by atoms with Gasteiger partial charge in [-0.15, -0.1) is 0 Å². The zero-order valence-electron chi connectivity index (χ0n) is 24.5. The van der Waals surface area contributed by atoms with Crippen molar-refractivity contribution >= 4 is 67.1 Å². The molecule has 0 aliphatic carbocycles. The Kier molecular flexibility index (Phi) is 13.3. The van der Waals surface area contributed by atoms with Gasteiger partial charge in [0.05, 0.1) is 25.8 Å². The molecular formula is C29H36Br2N2O8. The highest BCUT2D eigenvalue weighted by atomic mass is 79.9. The number of hydrogen-bond acceptors (Lipinski definition) is 8. The molecule has 1 aromatic rings. The van der Waals surface area contributed by atoms with Gasteiger partial charge in [-0.1, -0.05) is 45.0 Å². The molecule has 0 bridgehead atoms. The van der Waals surface area contributed by atoms with E-state index >= 15 is 0 Å². The number of nitrogens with zero attached hydrogens (tertiary/aromatic N) is 1. The number of halogens is 2. The van der Waals surface area contributed by atoms with Crippen LogP contribution in [0.4, 0.5) is 0 Å². The number of rotatable bonds is 17. The van der Waals surface area contributed by atoms with E-state index in [9.17, 15) is 28.8 Å². The van der Waals surface area contributed by atoms with E-state index in [1.165, 1.54) is 6.92 Å². The smallest absolute Gasteiger partial charge is 0.305 e. The van der Waals surface area contributed by atoms with Crippen molar-refractivity contribution in [1.29, 1.82) is 0 Å². The van der Waals surface area contributed by atoms with Crippen molar-refractivity contribution in [2.45, 2.75) is 66.0 Å². The Morgan fingerprint density at radius 1 is 0.976 bits per heavy atom. The van der Waals surface area contributed by atoms with Crippen molar-refractivity contribution < 1.29 is 39.6 Å². The summed E-state index contributed by atoms with van der Waals surface area (Å²) in [6.07, 6.45) is -0.809. The minimum atomic E-state index is -0.955. The lowest BCUT2D eigenvalue weighted by Crippen LogP contribution is -2.44. The minimum absolute atomic E-state index is 0.00822. The van der Waals surface area contributed by atoms with E-state index in [0.29, 0.717) is 0 Å². The van der Waals surface area contributed by atoms with Gasteiger partial charge < -0.3 is 14.8 Å². The molecule has 41 heavy (non-hydrogen) atoms. The van der Waals surface area contributed by atoms with Crippen molar-refractivity contribution in [2.24, 2.45) is 11.8 Å². The fourth-order valence-electron chi connectivity index (χ4n) is 3.89. The normalized spacial score (nSPS) is 16.0. The number of nitrogens with one attached hydrogen (secondary N) is 1. The second-order valence-electron chi connectivity index (χ2n) is 9.93. The fourth-order valence-corrected chi connectivity index (χ4v) is 4.66. The van der Waals surface area contributed by atoms with Crippen molar-refractivity contribution in [3.63, 3.8) is 0 Å². The topological polar surface area (TPSA) is 136 Å². The number of hydrogen-bond donors (Lipinski definition) is 1. The minimum Gasteiger partial charge on any atom is -0.461 e. The van der Waals surface area contributed by atoms with Crippen LogP contribution in [-0.4, -0.2) is 66.0 Å². The molecule has 10 nitrogen and oxygen atoms in total. The molecule has 1 aromatic carbocycles. The van der Waals surface area contributed by atoms with E-state index in [4.69, 9.17) is 10.8 Å². The standard InChI is InChI=1S/C29H36Br2N2O8/c1-5-24(36)41-16-20-8-6-19(7-9-20)14-23(35)18(4)32-27(37)22(17(2)3)15-21(34)10-12-40-13-11-33-28(38)25(30)26(31)29(33)39/h6-9,17-18,22H,5,10-16H2,1-4H3,(H,32,37)/t18-,22-/m0/s1/i5T/t5?,18-,22-. The van der Waals surface area contributed by atoms with Crippen LogP contribution in [0.15, 0.2) is 33.2 Å². The molecule has 12 heteroatoms. The van der Waals surface area contributed by atoms with E-state index in [2.05, 4.69) is 37.2 Å². The second-order valence-corrected chi connectivity index (χ2v) is 11.5. The number of Topliss-reactive ketones (excluding diaryl/α,β-unsaturated/α-hetero) is 2. The Bertz CT molecular complexity index is 1190. The third-order valence-electron chi connectivity index (χ3n) is 6.49. The molecule has 2 rings (SSSR count). The number of imide groups is 1. The molecule has 0 saturated heterocycles. The maximum absolute atomic E-state index is 13.0. The van der Waals surface area contributed by atoms with Crippen molar-refractivity contribution in [3.05, 3.63) is 44.4 Å². The summed E-state index contributed by atoms with van der Waals surface area (Å²) in [6, 6.07) is 6.19. The quantitative estimate of drug-likeness (QED) is 0.147. The predicted octanol–water partition coefficient (Wildman–Crippen LogP) is 3.76. The van der Waals surface area contributed by atoms with E-state index < -0.39 is 36.1 Å². The second kappa shape index (κ2) is 16.7. The summed E-state index contributed by atoms with van der Waals surface area (Å²) in [5, 5.41) is 2.74. The maximum Gasteiger partial charge on any atom is 0.305 e. The van der Waals surface area contributed by atoms with Gasteiger partial charge in [-0.05, 0) is 55.8 Å². The van der Waals surface area contributed by atoms with Gasteiger partial charge >= 0.3 is 5.97 Å². The van der Waals surface area contributed by atoms with Crippen LogP contribution in [-0.2, 0) is 51.3 Å². The summed E-state index contributed by atoms with van der Waals surface area (Å²) in [5.41, 5.74) is 1.46. The van der Waals surface area contributed by atoms with Gasteiger partial charge in [-0.2, -0.15) is 0 Å². The first-order valence-corrected chi connectivity index (χ1v) is 14.8. The predicted molar refractivity (Wildman–Crippen MR) is 158 cm³/mol. The largest absolute Gasteiger partial charge is 0.461 e. The van der Waals surface area contributed by atoms with Crippen molar-refractivity contribution in [3.8, 4) is 0 Å². The van der Waals surface area contributed by atoms with Gasteiger partial charge in [0.1, 0.15) is 21.4 Å². The summed E-state index contributed by atoms with van der Waals surface area (Å²) in [4.78, 5) is 74.8. The Labute approximate surface area is 258 Å². The summed E-state index contributed by atoms with van der Waals surface area (Å²) in [7, 11) is 0. The van der Waals surface area contributed by atoms with E-state index in [1.807, 2.05) is 13.8 Å². The van der Waals surface area contributed by atoms with E-state index in [1.54, 1.807) is 31.2 Å². The molecule has 3 atom stereocenters. The molecule has 0 radical (unpaired) electrons. The number of carbonyl (C=O) groups excluding carboxylic acids is 6. The number of carbonyl (C=O) groups is 6. The number of esters is 1. The van der Waals surface area contributed by atoms with Crippen LogP contribution in [0, 0.1) is 11.8 Å². The Balaban J connectivity index is 1.76. The number of ketones is 2. The van der Waals surface area contributed by atoms with Crippen LogP contribution in [0.5, 0.6) is 0 Å². The molecule has 0 spiro atoms. The first-order chi connectivity index (χ1) is 19.7. The van der Waals surface area contributed by atoms with Gasteiger partial charge in [0.2, 0.25) is 5.91 Å². The molecule has 0 saturated carbocycles. The van der Waals surface area contributed by atoms with Gasteiger partial charge in [0, 0.05) is 32.9 Å². The zero-order valence-corrected chi connectivity index (χ0v) is 26.7. The lowest BCUT2D eigenvalue weighted by atomic mass is 9.88. The molecule has 1 heterocycles. The van der Waals surface area contributed by atoms with Crippen LogP contribution in [0.1, 0.15) is 59.4 Å². The zero-order chi connectivity index (χ0) is 31.6. The Morgan fingerprint density at radius 2 is 1.56 bits per heavy atom. The molecule has 0 fully saturated rings. The van der Waals surface area contributed by atoms with Gasteiger partial charge in [-0.3, -0.25) is 33.7 Å².